The van der Waals surface area contributed by atoms with E-state index in [4.69, 9.17) is 25.4 Å². The van der Waals surface area contributed by atoms with Crippen LogP contribution < -0.4 is 16.4 Å². The van der Waals surface area contributed by atoms with Crippen molar-refractivity contribution in [1.29, 1.82) is 0 Å². The number of Topliss-reactive ketones (excluding diaryl/α,β-unsaturated/α-hetero) is 2. The van der Waals surface area contributed by atoms with Crippen molar-refractivity contribution in [3.05, 3.63) is 0 Å². The number of hydrogen-bond donors (Lipinski definition) is 6. The van der Waals surface area contributed by atoms with Crippen LogP contribution in [0, 0.1) is 5.92 Å². The van der Waals surface area contributed by atoms with Crippen LogP contribution in [0.15, 0.2) is 0 Å². The highest BCUT2D eigenvalue weighted by molar-refractivity contribution is 5.87. The first kappa shape index (κ1) is 48.6. The lowest BCUT2D eigenvalue weighted by molar-refractivity contribution is -0.144. The van der Waals surface area contributed by atoms with Gasteiger partial charge in [-0.3, -0.25) is 33.6 Å². The number of amides is 2. The summed E-state index contributed by atoms with van der Waals surface area (Å²) in [5.74, 6) is -4.74. The summed E-state index contributed by atoms with van der Waals surface area (Å²) in [6, 6.07) is -0.943. The number of rotatable bonds is 38. The Labute approximate surface area is 308 Å². The second-order valence-electron chi connectivity index (χ2n) is 13.3. The van der Waals surface area contributed by atoms with Crippen molar-refractivity contribution in [2.24, 2.45) is 11.7 Å². The van der Waals surface area contributed by atoms with Crippen molar-refractivity contribution in [1.82, 2.24) is 10.6 Å². The van der Waals surface area contributed by atoms with Gasteiger partial charge in [0.2, 0.25) is 11.8 Å². The van der Waals surface area contributed by atoms with Crippen molar-refractivity contribution in [2.45, 2.75) is 147 Å². The van der Waals surface area contributed by atoms with Gasteiger partial charge in [-0.2, -0.15) is 0 Å². The van der Waals surface area contributed by atoms with Gasteiger partial charge in [0, 0.05) is 84.5 Å². The zero-order valence-electron chi connectivity index (χ0n) is 31.0. The lowest BCUT2D eigenvalue weighted by atomic mass is 9.95. The molecule has 0 radical (unpaired) electrons. The van der Waals surface area contributed by atoms with Crippen LogP contribution in [0.4, 0.5) is 0 Å². The normalized spacial score (nSPS) is 12.2. The maximum Gasteiger partial charge on any atom is 0.320 e. The van der Waals surface area contributed by atoms with E-state index in [0.29, 0.717) is 77.4 Å². The van der Waals surface area contributed by atoms with Gasteiger partial charge in [-0.1, -0.05) is 25.7 Å². The van der Waals surface area contributed by atoms with Gasteiger partial charge >= 0.3 is 17.9 Å². The van der Waals surface area contributed by atoms with Crippen LogP contribution in [-0.2, 0) is 43.0 Å². The van der Waals surface area contributed by atoms with E-state index in [1.54, 1.807) is 0 Å². The van der Waals surface area contributed by atoms with E-state index < -0.39 is 29.9 Å². The average molecular weight is 744 g/mol. The summed E-state index contributed by atoms with van der Waals surface area (Å²) in [7, 11) is 0. The van der Waals surface area contributed by atoms with Gasteiger partial charge in [-0.15, -0.1) is 0 Å². The van der Waals surface area contributed by atoms with Gasteiger partial charge in [0.15, 0.2) is 0 Å². The molecule has 0 aliphatic heterocycles. The molecule has 7 N–H and O–H groups in total. The van der Waals surface area contributed by atoms with E-state index in [2.05, 4.69) is 10.6 Å². The summed E-state index contributed by atoms with van der Waals surface area (Å²) in [4.78, 5) is 81.2. The van der Waals surface area contributed by atoms with E-state index in [9.17, 15) is 38.7 Å². The molecule has 15 heteroatoms. The molecule has 0 unspecified atom stereocenters. The number of carbonyl (C=O) groups excluding carboxylic acids is 4. The molecule has 0 spiro atoms. The largest absolute Gasteiger partial charge is 0.481 e. The summed E-state index contributed by atoms with van der Waals surface area (Å²) in [6.45, 7) is 3.04. The Hall–Kier alpha value is -3.43. The zero-order chi connectivity index (χ0) is 38.8. The topological polar surface area (TPSA) is 249 Å². The Kier molecular flexibility index (Phi) is 31.2. The number of carbonyl (C=O) groups is 7. The number of carboxylic acids is 3. The van der Waals surface area contributed by atoms with Crippen LogP contribution in [0.5, 0.6) is 0 Å². The number of nitrogens with one attached hydrogen (secondary N) is 2. The fourth-order valence-electron chi connectivity index (χ4n) is 5.24. The molecule has 0 aromatic carbocycles. The Morgan fingerprint density at radius 2 is 0.981 bits per heavy atom. The lowest BCUT2D eigenvalue weighted by Gasteiger charge is -2.12. The van der Waals surface area contributed by atoms with E-state index in [1.807, 2.05) is 0 Å². The number of aliphatic carboxylic acids is 3. The van der Waals surface area contributed by atoms with E-state index in [-0.39, 0.29) is 62.5 Å². The molecular weight excluding hydrogens is 678 g/mol. The number of ether oxygens (including phenoxy) is 2. The predicted octanol–water partition coefficient (Wildman–Crippen LogP) is 4.17. The second kappa shape index (κ2) is 33.4. The zero-order valence-corrected chi connectivity index (χ0v) is 31.0. The third-order valence-electron chi connectivity index (χ3n) is 8.46. The Morgan fingerprint density at radius 3 is 1.56 bits per heavy atom. The maximum atomic E-state index is 12.3. The van der Waals surface area contributed by atoms with Crippen molar-refractivity contribution in [3.63, 3.8) is 0 Å². The van der Waals surface area contributed by atoms with Crippen LogP contribution in [0.25, 0.3) is 0 Å². The molecule has 0 fully saturated rings. The molecule has 2 amide bonds. The van der Waals surface area contributed by atoms with Crippen molar-refractivity contribution in [3.8, 4) is 0 Å². The highest BCUT2D eigenvalue weighted by Gasteiger charge is 2.22. The molecule has 15 nitrogen and oxygen atoms in total. The number of carboxylic acid groups (broad SMARTS) is 3. The quantitative estimate of drug-likeness (QED) is 0.0487. The minimum atomic E-state index is -1.18. The summed E-state index contributed by atoms with van der Waals surface area (Å²) >= 11 is 0. The molecule has 0 bridgehead atoms. The smallest absolute Gasteiger partial charge is 0.320 e. The summed E-state index contributed by atoms with van der Waals surface area (Å²) in [6.07, 6.45) is 12.0. The van der Waals surface area contributed by atoms with Gasteiger partial charge < -0.3 is 41.2 Å². The molecule has 0 aromatic rings. The summed E-state index contributed by atoms with van der Waals surface area (Å²) in [5, 5.41) is 32.2. The monoisotopic (exact) mass is 743 g/mol. The van der Waals surface area contributed by atoms with Gasteiger partial charge in [0.1, 0.15) is 17.6 Å². The van der Waals surface area contributed by atoms with E-state index in [0.717, 1.165) is 64.2 Å². The highest BCUT2D eigenvalue weighted by Crippen LogP contribution is 2.15. The first-order valence-corrected chi connectivity index (χ1v) is 19.1. The maximum absolute atomic E-state index is 12.3. The van der Waals surface area contributed by atoms with Crippen molar-refractivity contribution >= 4 is 41.3 Å². The molecule has 52 heavy (non-hydrogen) atoms. The Bertz CT molecular complexity index is 1040. The third-order valence-corrected chi connectivity index (χ3v) is 8.46. The van der Waals surface area contributed by atoms with Gasteiger partial charge in [0.25, 0.3) is 0 Å². The lowest BCUT2D eigenvalue weighted by Crippen LogP contribution is -2.30. The molecule has 0 heterocycles. The molecular formula is C37H65N3O12. The number of ketones is 2. The molecule has 300 valence electrons. The van der Waals surface area contributed by atoms with Crippen LogP contribution >= 0.6 is 0 Å². The third kappa shape index (κ3) is 32.5. The SMILES string of the molecule is N[C@@H](CCCCNC(=O)CC[C@H](CC(=O)CCC(=O)NCCCOCCCCOCCCCC(=O)CCCCCCCCC(=O)O)C(=O)O)C(=O)O. The second-order valence-corrected chi connectivity index (χ2v) is 13.3. The number of nitrogens with two attached hydrogens (primary N) is 1. The predicted molar refractivity (Wildman–Crippen MR) is 194 cm³/mol. The molecule has 0 aromatic heterocycles. The van der Waals surface area contributed by atoms with Crippen LogP contribution in [0.3, 0.4) is 0 Å². The molecule has 0 aliphatic carbocycles. The Balaban J connectivity index is 3.67. The van der Waals surface area contributed by atoms with E-state index in [1.165, 1.54) is 0 Å². The number of unbranched alkanes of at least 4 members (excludes halogenated alkanes) is 8. The van der Waals surface area contributed by atoms with Gasteiger partial charge in [-0.05, 0) is 70.6 Å². The van der Waals surface area contributed by atoms with E-state index >= 15 is 0 Å². The fourth-order valence-corrected chi connectivity index (χ4v) is 5.24. The Morgan fingerprint density at radius 1 is 0.481 bits per heavy atom. The minimum absolute atomic E-state index is 0.0107. The van der Waals surface area contributed by atoms with Crippen LogP contribution in [-0.4, -0.2) is 102 Å². The van der Waals surface area contributed by atoms with Crippen LogP contribution in [0.1, 0.15) is 141 Å². The molecule has 0 rings (SSSR count). The van der Waals surface area contributed by atoms with Crippen LogP contribution in [0.2, 0.25) is 0 Å². The first-order valence-electron chi connectivity index (χ1n) is 19.1. The summed E-state index contributed by atoms with van der Waals surface area (Å²) < 4.78 is 11.2. The molecule has 2 atom stereocenters. The fraction of sp³-hybridized carbons (Fsp3) is 0.811. The van der Waals surface area contributed by atoms with Crippen molar-refractivity contribution < 1.29 is 58.4 Å². The van der Waals surface area contributed by atoms with Gasteiger partial charge in [-0.25, -0.2) is 0 Å². The summed E-state index contributed by atoms with van der Waals surface area (Å²) in [5.41, 5.74) is 5.42. The molecule has 0 aliphatic rings. The highest BCUT2D eigenvalue weighted by atomic mass is 16.5. The standard InChI is InChI=1S/C37H65N3O12/c38-32(37(49)50)16-7-9-22-39-33(43)20-18-29(36(47)48)28-31(42)19-21-34(44)40-23-13-27-52-26-12-11-25-51-24-10-8-15-30(41)14-5-3-1-2-4-6-17-35(45)46/h29,32H,1-28,38H2,(H,39,43)(H,40,44)(H,45,46)(H,47,48)(H,49,50)/t29-,32+/m1/s1. The molecule has 0 saturated heterocycles. The molecule has 0 saturated carbocycles. The van der Waals surface area contributed by atoms with Crippen molar-refractivity contribution in [2.75, 3.05) is 39.5 Å². The first-order chi connectivity index (χ1) is 24.9. The minimum Gasteiger partial charge on any atom is -0.481 e. The average Bonchev–Trinajstić information content (AvgIpc) is 3.09. The van der Waals surface area contributed by atoms with Gasteiger partial charge in [0.05, 0.1) is 5.92 Å². The number of hydrogen-bond acceptors (Lipinski definition) is 10.